The van der Waals surface area contributed by atoms with E-state index in [-0.39, 0.29) is 30.0 Å². The molecule has 0 saturated carbocycles. The van der Waals surface area contributed by atoms with Gasteiger partial charge >= 0.3 is 5.97 Å². The standard InChI is InChI=1S/C17H24N2O6S/c1-12-3-2-8-18(11-12)16(20)13-6-9-19(10-7-13)26(23,24)15-5-4-14(25-15)17(21)22/h4-5,12-13H,2-3,6-11H2,1H3,(H,21,22). The third-order valence-corrected chi connectivity index (χ3v) is 6.93. The van der Waals surface area contributed by atoms with Crippen LogP contribution in [-0.4, -0.2) is 60.8 Å². The van der Waals surface area contributed by atoms with Crippen molar-refractivity contribution in [2.45, 2.75) is 37.7 Å². The number of carbonyl (C=O) groups is 2. The van der Waals surface area contributed by atoms with E-state index in [2.05, 4.69) is 6.92 Å². The van der Waals surface area contributed by atoms with Gasteiger partial charge in [0.15, 0.2) is 0 Å². The highest BCUT2D eigenvalue weighted by Crippen LogP contribution is 2.27. The Hall–Kier alpha value is -1.87. The predicted molar refractivity (Wildman–Crippen MR) is 92.1 cm³/mol. The van der Waals surface area contributed by atoms with Gasteiger partial charge < -0.3 is 14.4 Å². The lowest BCUT2D eigenvalue weighted by molar-refractivity contribution is -0.138. The molecule has 3 heterocycles. The van der Waals surface area contributed by atoms with Crippen LogP contribution < -0.4 is 0 Å². The summed E-state index contributed by atoms with van der Waals surface area (Å²) in [5, 5.41) is 8.50. The van der Waals surface area contributed by atoms with Crippen molar-refractivity contribution < 1.29 is 27.5 Å². The molecule has 2 aliphatic rings. The topological polar surface area (TPSA) is 108 Å². The van der Waals surface area contributed by atoms with Crippen LogP contribution in [0.4, 0.5) is 0 Å². The van der Waals surface area contributed by atoms with Gasteiger partial charge in [-0.2, -0.15) is 4.31 Å². The molecule has 26 heavy (non-hydrogen) atoms. The van der Waals surface area contributed by atoms with E-state index in [9.17, 15) is 18.0 Å². The molecule has 0 aromatic carbocycles. The Kier molecular flexibility index (Phi) is 5.38. The third-order valence-electron chi connectivity index (χ3n) is 5.16. The van der Waals surface area contributed by atoms with Crippen LogP contribution >= 0.6 is 0 Å². The van der Waals surface area contributed by atoms with Crippen molar-refractivity contribution >= 4 is 21.9 Å². The van der Waals surface area contributed by atoms with Crippen molar-refractivity contribution in [2.24, 2.45) is 11.8 Å². The van der Waals surface area contributed by atoms with Crippen molar-refractivity contribution in [3.8, 4) is 0 Å². The maximum absolute atomic E-state index is 12.7. The number of nitrogens with zero attached hydrogens (tertiary/aromatic N) is 2. The van der Waals surface area contributed by atoms with Gasteiger partial charge in [-0.3, -0.25) is 4.79 Å². The van der Waals surface area contributed by atoms with Gasteiger partial charge in [0.25, 0.3) is 10.0 Å². The van der Waals surface area contributed by atoms with Crippen molar-refractivity contribution in [3.05, 3.63) is 17.9 Å². The van der Waals surface area contributed by atoms with Gasteiger partial charge in [0.05, 0.1) is 0 Å². The Bertz CT molecular complexity index is 779. The zero-order chi connectivity index (χ0) is 18.9. The summed E-state index contributed by atoms with van der Waals surface area (Å²) in [6.45, 7) is 4.16. The van der Waals surface area contributed by atoms with E-state index < -0.39 is 21.8 Å². The van der Waals surface area contributed by atoms with Crippen LogP contribution in [-0.2, 0) is 14.8 Å². The van der Waals surface area contributed by atoms with Crippen LogP contribution in [0.5, 0.6) is 0 Å². The number of amides is 1. The van der Waals surface area contributed by atoms with Gasteiger partial charge in [-0.1, -0.05) is 6.92 Å². The molecule has 9 heteroatoms. The monoisotopic (exact) mass is 384 g/mol. The smallest absolute Gasteiger partial charge is 0.371 e. The van der Waals surface area contributed by atoms with Gasteiger partial charge in [0.1, 0.15) is 0 Å². The number of hydrogen-bond acceptors (Lipinski definition) is 5. The first-order chi connectivity index (χ1) is 12.3. The second kappa shape index (κ2) is 7.40. The van der Waals surface area contributed by atoms with E-state index in [1.165, 1.54) is 4.31 Å². The lowest BCUT2D eigenvalue weighted by Gasteiger charge is -2.36. The molecule has 1 aromatic rings. The first kappa shape index (κ1) is 18.9. The fourth-order valence-corrected chi connectivity index (χ4v) is 5.07. The quantitative estimate of drug-likeness (QED) is 0.845. The van der Waals surface area contributed by atoms with E-state index in [1.54, 1.807) is 0 Å². The summed E-state index contributed by atoms with van der Waals surface area (Å²) >= 11 is 0. The Morgan fingerprint density at radius 3 is 2.42 bits per heavy atom. The van der Waals surface area contributed by atoms with E-state index >= 15 is 0 Å². The van der Waals surface area contributed by atoms with Crippen molar-refractivity contribution in [1.82, 2.24) is 9.21 Å². The number of carboxylic acid groups (broad SMARTS) is 1. The number of carbonyl (C=O) groups excluding carboxylic acids is 1. The molecule has 2 fully saturated rings. The van der Waals surface area contributed by atoms with E-state index in [0.29, 0.717) is 18.8 Å². The molecule has 144 valence electrons. The maximum Gasteiger partial charge on any atom is 0.371 e. The number of hydrogen-bond donors (Lipinski definition) is 1. The second-order valence-corrected chi connectivity index (χ2v) is 9.00. The Morgan fingerprint density at radius 2 is 1.85 bits per heavy atom. The van der Waals surface area contributed by atoms with Crippen LogP contribution in [0, 0.1) is 11.8 Å². The summed E-state index contributed by atoms with van der Waals surface area (Å²) in [6, 6.07) is 2.29. The molecule has 1 unspecified atom stereocenters. The second-order valence-electron chi connectivity index (χ2n) is 7.13. The van der Waals surface area contributed by atoms with Crippen molar-refractivity contribution in [1.29, 1.82) is 0 Å². The molecule has 0 aliphatic carbocycles. The van der Waals surface area contributed by atoms with E-state index in [0.717, 1.165) is 38.1 Å². The average Bonchev–Trinajstić information content (AvgIpc) is 3.12. The molecule has 0 spiro atoms. The molecule has 1 amide bonds. The van der Waals surface area contributed by atoms with Crippen LogP contribution in [0.15, 0.2) is 21.6 Å². The maximum atomic E-state index is 12.7. The summed E-state index contributed by atoms with van der Waals surface area (Å²) in [4.78, 5) is 25.5. The summed E-state index contributed by atoms with van der Waals surface area (Å²) < 4.78 is 31.4. The van der Waals surface area contributed by atoms with Crippen LogP contribution in [0.3, 0.4) is 0 Å². The van der Waals surface area contributed by atoms with Crippen molar-refractivity contribution in [3.63, 3.8) is 0 Å². The summed E-state index contributed by atoms with van der Waals surface area (Å²) in [7, 11) is -3.88. The minimum Gasteiger partial charge on any atom is -0.475 e. The van der Waals surface area contributed by atoms with Gasteiger partial charge in [0, 0.05) is 32.1 Å². The lowest BCUT2D eigenvalue weighted by Crippen LogP contribution is -2.46. The minimum absolute atomic E-state index is 0.125. The summed E-state index contributed by atoms with van der Waals surface area (Å²) in [5.74, 6) is -1.24. The molecule has 2 aliphatic heterocycles. The van der Waals surface area contributed by atoms with E-state index in [4.69, 9.17) is 9.52 Å². The first-order valence-corrected chi connectivity index (χ1v) is 10.3. The highest BCUT2D eigenvalue weighted by atomic mass is 32.2. The summed E-state index contributed by atoms with van der Waals surface area (Å²) in [5.41, 5.74) is 0. The number of likely N-dealkylation sites (tertiary alicyclic amines) is 1. The fraction of sp³-hybridized carbons (Fsp3) is 0.647. The molecule has 0 radical (unpaired) electrons. The molecule has 8 nitrogen and oxygen atoms in total. The molecule has 1 N–H and O–H groups in total. The number of rotatable bonds is 4. The van der Waals surface area contributed by atoms with Gasteiger partial charge in [-0.15, -0.1) is 0 Å². The Balaban J connectivity index is 1.62. The summed E-state index contributed by atoms with van der Waals surface area (Å²) in [6.07, 6.45) is 3.09. The first-order valence-electron chi connectivity index (χ1n) is 8.91. The number of aromatic carboxylic acids is 1. The molecule has 1 atom stereocenters. The minimum atomic E-state index is -3.88. The van der Waals surface area contributed by atoms with Crippen LogP contribution in [0.1, 0.15) is 43.2 Å². The van der Waals surface area contributed by atoms with Crippen LogP contribution in [0.25, 0.3) is 0 Å². The fourth-order valence-electron chi connectivity index (χ4n) is 3.69. The third kappa shape index (κ3) is 3.78. The predicted octanol–water partition coefficient (Wildman–Crippen LogP) is 1.64. The highest BCUT2D eigenvalue weighted by molar-refractivity contribution is 7.89. The van der Waals surface area contributed by atoms with Gasteiger partial charge in [-0.05, 0) is 43.7 Å². The molecular formula is C17H24N2O6S. The van der Waals surface area contributed by atoms with Gasteiger partial charge in [-0.25, -0.2) is 13.2 Å². The van der Waals surface area contributed by atoms with Crippen LogP contribution in [0.2, 0.25) is 0 Å². The largest absolute Gasteiger partial charge is 0.475 e. The zero-order valence-electron chi connectivity index (χ0n) is 14.8. The highest BCUT2D eigenvalue weighted by Gasteiger charge is 2.36. The number of piperidine rings is 2. The average molecular weight is 384 g/mol. The van der Waals surface area contributed by atoms with E-state index in [1.807, 2.05) is 4.90 Å². The van der Waals surface area contributed by atoms with Gasteiger partial charge in [0.2, 0.25) is 16.8 Å². The molecule has 0 bridgehead atoms. The number of carboxylic acids is 1. The Morgan fingerprint density at radius 1 is 1.15 bits per heavy atom. The molecule has 3 rings (SSSR count). The number of sulfonamides is 1. The normalized spacial score (nSPS) is 23.1. The lowest BCUT2D eigenvalue weighted by atomic mass is 9.93. The SMILES string of the molecule is CC1CCCN(C(=O)C2CCN(S(=O)(=O)c3ccc(C(=O)O)o3)CC2)C1. The molecule has 2 saturated heterocycles. The Labute approximate surface area is 152 Å². The number of furan rings is 1. The molecule has 1 aromatic heterocycles. The zero-order valence-corrected chi connectivity index (χ0v) is 15.6. The molecular weight excluding hydrogens is 360 g/mol. The van der Waals surface area contributed by atoms with Crippen molar-refractivity contribution in [2.75, 3.05) is 26.2 Å².